The SMILES string of the molecule is CCOC(=O)C(C)C(=NCc1ccco1)C(C(=O)OCc1ccccc1)=C(C)O. The number of rotatable bonds is 9. The zero-order valence-corrected chi connectivity index (χ0v) is 16.8. The molecule has 1 heterocycles. The van der Waals surface area contributed by atoms with Crippen LogP contribution >= 0.6 is 0 Å². The molecule has 0 radical (unpaired) electrons. The van der Waals surface area contributed by atoms with Gasteiger partial charge in [0.25, 0.3) is 0 Å². The zero-order valence-electron chi connectivity index (χ0n) is 16.8. The summed E-state index contributed by atoms with van der Waals surface area (Å²) in [5.41, 5.74) is 0.717. The van der Waals surface area contributed by atoms with Gasteiger partial charge in [0.15, 0.2) is 0 Å². The fourth-order valence-electron chi connectivity index (χ4n) is 2.61. The lowest BCUT2D eigenvalue weighted by molar-refractivity contribution is -0.145. The van der Waals surface area contributed by atoms with Crippen molar-refractivity contribution in [2.45, 2.75) is 33.9 Å². The summed E-state index contributed by atoms with van der Waals surface area (Å²) in [6.07, 6.45) is 1.50. The quantitative estimate of drug-likeness (QED) is 0.296. The number of furan rings is 1. The molecule has 2 rings (SSSR count). The molecule has 0 bridgehead atoms. The summed E-state index contributed by atoms with van der Waals surface area (Å²) < 4.78 is 15.7. The molecule has 0 aliphatic rings. The van der Waals surface area contributed by atoms with Gasteiger partial charge in [0.2, 0.25) is 0 Å². The number of aliphatic imine (C=N–C) groups is 1. The fourth-order valence-corrected chi connectivity index (χ4v) is 2.61. The fraction of sp³-hybridized carbons (Fsp3) is 0.318. The Kier molecular flexibility index (Phi) is 8.21. The Morgan fingerprint density at radius 3 is 2.45 bits per heavy atom. The molecule has 29 heavy (non-hydrogen) atoms. The van der Waals surface area contributed by atoms with Crippen LogP contribution in [0.5, 0.6) is 0 Å². The van der Waals surface area contributed by atoms with Crippen LogP contribution in [0, 0.1) is 5.92 Å². The van der Waals surface area contributed by atoms with E-state index in [0.29, 0.717) is 5.76 Å². The third-order valence-corrected chi connectivity index (χ3v) is 4.07. The van der Waals surface area contributed by atoms with E-state index < -0.39 is 17.9 Å². The topological polar surface area (TPSA) is 98.3 Å². The van der Waals surface area contributed by atoms with Crippen molar-refractivity contribution in [3.8, 4) is 0 Å². The highest BCUT2D eigenvalue weighted by Gasteiger charge is 2.30. The highest BCUT2D eigenvalue weighted by molar-refractivity contribution is 6.25. The van der Waals surface area contributed by atoms with Gasteiger partial charge < -0.3 is 19.0 Å². The standard InChI is InChI=1S/C22H25NO6/c1-4-27-21(25)15(2)20(23-13-18-11-8-12-28-18)19(16(3)24)22(26)29-14-17-9-6-5-7-10-17/h5-12,15,24H,4,13-14H2,1-3H3. The summed E-state index contributed by atoms with van der Waals surface area (Å²) in [4.78, 5) is 29.4. The zero-order chi connectivity index (χ0) is 21.2. The molecule has 0 spiro atoms. The third kappa shape index (κ3) is 6.34. The van der Waals surface area contributed by atoms with E-state index in [4.69, 9.17) is 13.9 Å². The Labute approximate surface area is 169 Å². The average molecular weight is 399 g/mol. The number of aliphatic hydroxyl groups excluding tert-OH is 1. The van der Waals surface area contributed by atoms with E-state index in [2.05, 4.69) is 4.99 Å². The van der Waals surface area contributed by atoms with Crippen molar-refractivity contribution in [3.63, 3.8) is 0 Å². The van der Waals surface area contributed by atoms with Crippen LogP contribution in [-0.4, -0.2) is 29.4 Å². The molecule has 154 valence electrons. The molecule has 0 saturated heterocycles. The molecule has 0 amide bonds. The van der Waals surface area contributed by atoms with Crippen molar-refractivity contribution >= 4 is 17.7 Å². The average Bonchev–Trinajstić information content (AvgIpc) is 3.23. The molecule has 7 heteroatoms. The van der Waals surface area contributed by atoms with Gasteiger partial charge in [0.1, 0.15) is 23.7 Å². The number of ether oxygens (including phenoxy) is 2. The predicted octanol–water partition coefficient (Wildman–Crippen LogP) is 4.00. The second kappa shape index (κ2) is 10.8. The highest BCUT2D eigenvalue weighted by Crippen LogP contribution is 2.18. The van der Waals surface area contributed by atoms with Crippen LogP contribution in [0.3, 0.4) is 0 Å². The van der Waals surface area contributed by atoms with Gasteiger partial charge in [-0.15, -0.1) is 0 Å². The van der Waals surface area contributed by atoms with E-state index in [0.717, 1.165) is 5.56 Å². The first-order valence-electron chi connectivity index (χ1n) is 9.28. The number of hydrogen-bond donors (Lipinski definition) is 1. The molecule has 0 fully saturated rings. The van der Waals surface area contributed by atoms with E-state index >= 15 is 0 Å². The van der Waals surface area contributed by atoms with E-state index in [1.807, 2.05) is 30.3 Å². The Morgan fingerprint density at radius 2 is 1.86 bits per heavy atom. The Bertz CT molecular complexity index is 864. The van der Waals surface area contributed by atoms with Crippen LogP contribution in [0.15, 0.2) is 69.5 Å². The molecule has 7 nitrogen and oxygen atoms in total. The summed E-state index contributed by atoms with van der Waals surface area (Å²) in [5, 5.41) is 10.2. The summed E-state index contributed by atoms with van der Waals surface area (Å²) in [7, 11) is 0. The van der Waals surface area contributed by atoms with Crippen LogP contribution in [0.2, 0.25) is 0 Å². The molecule has 2 aromatic rings. The number of allylic oxidation sites excluding steroid dienone is 1. The lowest BCUT2D eigenvalue weighted by atomic mass is 9.97. The molecule has 1 aromatic heterocycles. The number of carbonyl (C=O) groups excluding carboxylic acids is 2. The molecule has 1 N–H and O–H groups in total. The minimum absolute atomic E-state index is 0.0235. The van der Waals surface area contributed by atoms with Gasteiger partial charge in [-0.3, -0.25) is 9.79 Å². The van der Waals surface area contributed by atoms with Gasteiger partial charge in [0.05, 0.1) is 31.0 Å². The van der Waals surface area contributed by atoms with E-state index in [-0.39, 0.29) is 36.8 Å². The van der Waals surface area contributed by atoms with Gasteiger partial charge in [-0.05, 0) is 38.5 Å². The molecule has 0 saturated carbocycles. The summed E-state index contributed by atoms with van der Waals surface area (Å²) in [6.45, 7) is 4.90. The van der Waals surface area contributed by atoms with Crippen LogP contribution in [0.4, 0.5) is 0 Å². The smallest absolute Gasteiger partial charge is 0.343 e. The van der Waals surface area contributed by atoms with Crippen molar-refractivity contribution in [2.75, 3.05) is 6.61 Å². The first-order chi connectivity index (χ1) is 13.9. The monoisotopic (exact) mass is 399 g/mol. The Hall–Kier alpha value is -3.35. The predicted molar refractivity (Wildman–Crippen MR) is 107 cm³/mol. The first kappa shape index (κ1) is 21.9. The van der Waals surface area contributed by atoms with Crippen molar-refractivity contribution < 1.29 is 28.6 Å². The summed E-state index contributed by atoms with van der Waals surface area (Å²) in [5.74, 6) is -1.96. The minimum atomic E-state index is -0.883. The van der Waals surface area contributed by atoms with Crippen molar-refractivity contribution in [2.24, 2.45) is 10.9 Å². The molecule has 0 aliphatic heterocycles. The van der Waals surface area contributed by atoms with Crippen molar-refractivity contribution in [1.29, 1.82) is 0 Å². The number of carbonyl (C=O) groups is 2. The Balaban J connectivity index is 2.29. The van der Waals surface area contributed by atoms with Crippen LogP contribution in [0.25, 0.3) is 0 Å². The maximum Gasteiger partial charge on any atom is 0.343 e. The second-order valence-corrected chi connectivity index (χ2v) is 6.28. The number of hydrogen-bond acceptors (Lipinski definition) is 7. The number of nitrogens with zero attached hydrogens (tertiary/aromatic N) is 1. The highest BCUT2D eigenvalue weighted by atomic mass is 16.5. The largest absolute Gasteiger partial charge is 0.512 e. The first-order valence-corrected chi connectivity index (χ1v) is 9.28. The molecule has 1 atom stereocenters. The van der Waals surface area contributed by atoms with E-state index in [1.54, 1.807) is 26.0 Å². The van der Waals surface area contributed by atoms with Crippen molar-refractivity contribution in [3.05, 3.63) is 71.4 Å². The van der Waals surface area contributed by atoms with Gasteiger partial charge in [0, 0.05) is 0 Å². The molecule has 0 aliphatic carbocycles. The molecule has 1 aromatic carbocycles. The lowest BCUT2D eigenvalue weighted by Crippen LogP contribution is -2.29. The van der Waals surface area contributed by atoms with E-state index in [1.165, 1.54) is 13.2 Å². The van der Waals surface area contributed by atoms with Gasteiger partial charge in [-0.2, -0.15) is 0 Å². The van der Waals surface area contributed by atoms with Crippen LogP contribution in [0.1, 0.15) is 32.1 Å². The van der Waals surface area contributed by atoms with Crippen LogP contribution in [-0.2, 0) is 32.2 Å². The van der Waals surface area contributed by atoms with Crippen molar-refractivity contribution in [1.82, 2.24) is 0 Å². The Morgan fingerprint density at radius 1 is 1.14 bits per heavy atom. The lowest BCUT2D eigenvalue weighted by Gasteiger charge is -2.17. The maximum absolute atomic E-state index is 12.7. The second-order valence-electron chi connectivity index (χ2n) is 6.28. The molecule has 1 unspecified atom stereocenters. The van der Waals surface area contributed by atoms with Gasteiger partial charge in [-0.1, -0.05) is 30.3 Å². The van der Waals surface area contributed by atoms with Crippen LogP contribution < -0.4 is 0 Å². The number of esters is 2. The molecular weight excluding hydrogens is 374 g/mol. The minimum Gasteiger partial charge on any atom is -0.512 e. The van der Waals surface area contributed by atoms with Gasteiger partial charge >= 0.3 is 11.9 Å². The normalized spacial score (nSPS) is 13.4. The van der Waals surface area contributed by atoms with Gasteiger partial charge in [-0.25, -0.2) is 4.79 Å². The molecular formula is C22H25NO6. The number of benzene rings is 1. The summed E-state index contributed by atoms with van der Waals surface area (Å²) in [6, 6.07) is 12.6. The third-order valence-electron chi connectivity index (χ3n) is 4.07. The maximum atomic E-state index is 12.7. The van der Waals surface area contributed by atoms with E-state index in [9.17, 15) is 14.7 Å². The number of aliphatic hydroxyl groups is 1. The summed E-state index contributed by atoms with van der Waals surface area (Å²) >= 11 is 0.